The highest BCUT2D eigenvalue weighted by atomic mass is 16.1. The van der Waals surface area contributed by atoms with Gasteiger partial charge in [0.1, 0.15) is 6.33 Å². The van der Waals surface area contributed by atoms with Crippen molar-refractivity contribution >= 4 is 29.2 Å². The number of amides is 1. The zero-order valence-electron chi connectivity index (χ0n) is 15.9. The number of carbonyl (C=O) groups is 1. The van der Waals surface area contributed by atoms with Gasteiger partial charge in [-0.1, -0.05) is 30.3 Å². The molecule has 0 fully saturated rings. The second-order valence-electron chi connectivity index (χ2n) is 6.81. The van der Waals surface area contributed by atoms with Crippen LogP contribution in [-0.4, -0.2) is 27.4 Å². The lowest BCUT2D eigenvalue weighted by molar-refractivity contribution is -0.114. The third-order valence-electron chi connectivity index (χ3n) is 4.85. The number of carbonyl (C=O) groups excluding carboxylic acids is 1. The molecule has 1 aromatic heterocycles. The summed E-state index contributed by atoms with van der Waals surface area (Å²) < 4.78 is 0. The van der Waals surface area contributed by atoms with Crippen LogP contribution in [0, 0.1) is 0 Å². The summed E-state index contributed by atoms with van der Waals surface area (Å²) in [5, 5.41) is 5.96. The van der Waals surface area contributed by atoms with Crippen molar-refractivity contribution in [3.63, 3.8) is 0 Å². The number of anilines is 4. The lowest BCUT2D eigenvalue weighted by atomic mass is 9.94. The highest BCUT2D eigenvalue weighted by Crippen LogP contribution is 2.31. The number of hydrogen-bond acceptors (Lipinski definition) is 6. The van der Waals surface area contributed by atoms with Crippen molar-refractivity contribution in [2.24, 2.45) is 0 Å². The zero-order valence-corrected chi connectivity index (χ0v) is 15.9. The van der Waals surface area contributed by atoms with Gasteiger partial charge in [0, 0.05) is 24.8 Å². The summed E-state index contributed by atoms with van der Waals surface area (Å²) in [4.78, 5) is 26.7. The fourth-order valence-corrected chi connectivity index (χ4v) is 3.54. The molecule has 1 unspecified atom stereocenters. The second kappa shape index (κ2) is 7.64. The Bertz CT molecular complexity index is 1010. The molecular weight excluding hydrogens is 352 g/mol. The van der Waals surface area contributed by atoms with Gasteiger partial charge in [0.05, 0.1) is 6.04 Å². The first-order chi connectivity index (χ1) is 13.6. The van der Waals surface area contributed by atoms with E-state index in [9.17, 15) is 4.79 Å². The van der Waals surface area contributed by atoms with Crippen LogP contribution in [0.1, 0.15) is 31.0 Å². The van der Waals surface area contributed by atoms with Crippen molar-refractivity contribution < 1.29 is 4.79 Å². The molecule has 2 heterocycles. The average molecular weight is 374 g/mol. The SMILES string of the molecule is CC(=O)Nc1cccc(Nc2ncnc(N3CCc4ccccc4C3C)n2)c1. The predicted molar refractivity (Wildman–Crippen MR) is 110 cm³/mol. The fourth-order valence-electron chi connectivity index (χ4n) is 3.54. The Kier molecular flexibility index (Phi) is 4.89. The molecule has 0 bridgehead atoms. The van der Waals surface area contributed by atoms with E-state index in [-0.39, 0.29) is 11.9 Å². The van der Waals surface area contributed by atoms with Gasteiger partial charge >= 0.3 is 0 Å². The van der Waals surface area contributed by atoms with Crippen LogP contribution >= 0.6 is 0 Å². The van der Waals surface area contributed by atoms with E-state index in [4.69, 9.17) is 0 Å². The van der Waals surface area contributed by atoms with Gasteiger partial charge in [0.15, 0.2) is 0 Å². The van der Waals surface area contributed by atoms with Crippen molar-refractivity contribution in [3.8, 4) is 0 Å². The number of hydrogen-bond donors (Lipinski definition) is 2. The Morgan fingerprint density at radius 1 is 1.11 bits per heavy atom. The normalized spacial score (nSPS) is 15.6. The van der Waals surface area contributed by atoms with Crippen molar-refractivity contribution in [3.05, 3.63) is 66.0 Å². The predicted octanol–water partition coefficient (Wildman–Crippen LogP) is 3.70. The van der Waals surface area contributed by atoms with Crippen LogP contribution in [0.5, 0.6) is 0 Å². The van der Waals surface area contributed by atoms with E-state index in [0.717, 1.165) is 18.7 Å². The van der Waals surface area contributed by atoms with Crippen molar-refractivity contribution in [1.29, 1.82) is 0 Å². The van der Waals surface area contributed by atoms with E-state index in [1.807, 2.05) is 24.3 Å². The van der Waals surface area contributed by atoms with Crippen LogP contribution in [0.15, 0.2) is 54.9 Å². The molecule has 1 aliphatic rings. The number of aromatic nitrogens is 3. The Morgan fingerprint density at radius 3 is 2.79 bits per heavy atom. The molecule has 4 rings (SSSR count). The lowest BCUT2D eigenvalue weighted by Crippen LogP contribution is -2.35. The van der Waals surface area contributed by atoms with Gasteiger partial charge in [-0.2, -0.15) is 4.98 Å². The van der Waals surface area contributed by atoms with Gasteiger partial charge in [-0.05, 0) is 42.7 Å². The van der Waals surface area contributed by atoms with Crippen molar-refractivity contribution in [2.75, 3.05) is 22.1 Å². The minimum absolute atomic E-state index is 0.112. The monoisotopic (exact) mass is 374 g/mol. The van der Waals surface area contributed by atoms with Crippen LogP contribution < -0.4 is 15.5 Å². The molecule has 0 aliphatic carbocycles. The summed E-state index contributed by atoms with van der Waals surface area (Å²) in [6.45, 7) is 4.52. The first kappa shape index (κ1) is 17.9. The molecular formula is C21H22N6O. The number of benzene rings is 2. The average Bonchev–Trinajstić information content (AvgIpc) is 2.68. The molecule has 142 valence electrons. The molecule has 1 atom stereocenters. The van der Waals surface area contributed by atoms with E-state index < -0.39 is 0 Å². The molecule has 1 amide bonds. The summed E-state index contributed by atoms with van der Waals surface area (Å²) in [7, 11) is 0. The summed E-state index contributed by atoms with van der Waals surface area (Å²) in [5.74, 6) is 1.01. The molecule has 3 aromatic rings. The highest BCUT2D eigenvalue weighted by Gasteiger charge is 2.25. The minimum atomic E-state index is -0.112. The number of nitrogens with zero attached hydrogens (tertiary/aromatic N) is 4. The standard InChI is InChI=1S/C21H22N6O/c1-14-19-9-4-3-6-16(19)10-11-27(14)21-23-13-22-20(26-21)25-18-8-5-7-17(12-18)24-15(2)28/h3-9,12-14H,10-11H2,1-2H3,(H,24,28)(H,22,23,25,26). The second-order valence-corrected chi connectivity index (χ2v) is 6.81. The topological polar surface area (TPSA) is 83.0 Å². The van der Waals surface area contributed by atoms with Crippen LogP contribution in [-0.2, 0) is 11.2 Å². The van der Waals surface area contributed by atoms with Gasteiger partial charge in [0.25, 0.3) is 0 Å². The summed E-state index contributed by atoms with van der Waals surface area (Å²) in [6, 6.07) is 16.1. The third kappa shape index (κ3) is 3.78. The Balaban J connectivity index is 1.55. The first-order valence-corrected chi connectivity index (χ1v) is 9.28. The van der Waals surface area contributed by atoms with Crippen molar-refractivity contribution in [2.45, 2.75) is 26.3 Å². The van der Waals surface area contributed by atoms with Gasteiger partial charge in [-0.3, -0.25) is 4.79 Å². The van der Waals surface area contributed by atoms with E-state index >= 15 is 0 Å². The maximum Gasteiger partial charge on any atom is 0.232 e. The molecule has 28 heavy (non-hydrogen) atoms. The lowest BCUT2D eigenvalue weighted by Gasteiger charge is -2.35. The maximum atomic E-state index is 11.3. The van der Waals surface area contributed by atoms with Crippen molar-refractivity contribution in [1.82, 2.24) is 15.0 Å². The number of fused-ring (bicyclic) bond motifs is 1. The molecule has 0 saturated carbocycles. The minimum Gasteiger partial charge on any atom is -0.334 e. The summed E-state index contributed by atoms with van der Waals surface area (Å²) in [5.41, 5.74) is 4.20. The van der Waals surface area contributed by atoms with E-state index in [2.05, 4.69) is 61.7 Å². The Labute approximate surface area is 163 Å². The number of nitrogens with one attached hydrogen (secondary N) is 2. The zero-order chi connectivity index (χ0) is 19.5. The molecule has 0 spiro atoms. The van der Waals surface area contributed by atoms with Gasteiger partial charge in [0.2, 0.25) is 17.8 Å². The molecule has 7 heteroatoms. The molecule has 2 aromatic carbocycles. The first-order valence-electron chi connectivity index (χ1n) is 9.28. The van der Waals surface area contributed by atoms with Crippen LogP contribution in [0.2, 0.25) is 0 Å². The molecule has 0 saturated heterocycles. The van der Waals surface area contributed by atoms with E-state index in [1.54, 1.807) is 0 Å². The fraction of sp³-hybridized carbons (Fsp3) is 0.238. The Hall–Kier alpha value is -3.48. The van der Waals surface area contributed by atoms with E-state index in [0.29, 0.717) is 17.6 Å². The van der Waals surface area contributed by atoms with E-state index in [1.165, 1.54) is 24.4 Å². The molecule has 7 nitrogen and oxygen atoms in total. The smallest absolute Gasteiger partial charge is 0.232 e. The number of rotatable bonds is 4. The van der Waals surface area contributed by atoms with Gasteiger partial charge < -0.3 is 15.5 Å². The van der Waals surface area contributed by atoms with Crippen LogP contribution in [0.25, 0.3) is 0 Å². The third-order valence-corrected chi connectivity index (χ3v) is 4.85. The van der Waals surface area contributed by atoms with Gasteiger partial charge in [-0.15, -0.1) is 0 Å². The Morgan fingerprint density at radius 2 is 1.93 bits per heavy atom. The summed E-state index contributed by atoms with van der Waals surface area (Å²) in [6.07, 6.45) is 2.49. The quantitative estimate of drug-likeness (QED) is 0.725. The molecule has 1 aliphatic heterocycles. The maximum absolute atomic E-state index is 11.3. The highest BCUT2D eigenvalue weighted by molar-refractivity contribution is 5.89. The van der Waals surface area contributed by atoms with Crippen LogP contribution in [0.4, 0.5) is 23.3 Å². The van der Waals surface area contributed by atoms with Crippen LogP contribution in [0.3, 0.4) is 0 Å². The molecule has 0 radical (unpaired) electrons. The molecule has 2 N–H and O–H groups in total. The summed E-state index contributed by atoms with van der Waals surface area (Å²) >= 11 is 0. The largest absolute Gasteiger partial charge is 0.334 e. The van der Waals surface area contributed by atoms with Gasteiger partial charge in [-0.25, -0.2) is 9.97 Å².